The number of carbonyl (C=O) groups excluding carboxylic acids is 9. The van der Waals surface area contributed by atoms with Gasteiger partial charge in [-0.3, -0.25) is 43.2 Å². The lowest BCUT2D eigenvalue weighted by atomic mass is 9.97. The van der Waals surface area contributed by atoms with Gasteiger partial charge in [0.05, 0.1) is 5.69 Å². The number of aromatic nitrogens is 3. The molecule has 9 aromatic carbocycles. The molecule has 0 spiro atoms. The van der Waals surface area contributed by atoms with E-state index in [0.29, 0.717) is 80.6 Å². The van der Waals surface area contributed by atoms with Crippen LogP contribution in [0.3, 0.4) is 0 Å². The minimum Gasteiger partial charge on any atom is -0.372 e. The largest absolute Gasteiger partial charge is 0.372 e. The first-order valence-corrected chi connectivity index (χ1v) is 42.7. The first-order valence-electron chi connectivity index (χ1n) is 42.7. The molecule has 121 heavy (non-hydrogen) atoms. The zero-order chi connectivity index (χ0) is 85.4. The summed E-state index contributed by atoms with van der Waals surface area (Å²) in [5.41, 5.74) is 20.3. The Morgan fingerprint density at radius 3 is 0.843 bits per heavy atom. The molecule has 15 heteroatoms. The highest BCUT2D eigenvalue weighted by atomic mass is 16.2. The van der Waals surface area contributed by atoms with Crippen molar-refractivity contribution in [2.45, 2.75) is 139 Å². The quantitative estimate of drug-likeness (QED) is 0.0458. The third-order valence-electron chi connectivity index (χ3n) is 24.5. The van der Waals surface area contributed by atoms with Gasteiger partial charge in [0.1, 0.15) is 0 Å². The lowest BCUT2D eigenvalue weighted by Crippen LogP contribution is -2.32. The van der Waals surface area contributed by atoms with Gasteiger partial charge in [-0.2, -0.15) is 0 Å². The molecule has 0 unspecified atom stereocenters. The molecule has 0 atom stereocenters. The average Bonchev–Trinajstić information content (AvgIpc) is 1.77. The Kier molecular flexibility index (Phi) is 28.4. The van der Waals surface area contributed by atoms with Crippen LogP contribution in [-0.2, 0) is 52.1 Å². The summed E-state index contributed by atoms with van der Waals surface area (Å²) in [4.78, 5) is 126. The van der Waals surface area contributed by atoms with Crippen LogP contribution in [0.15, 0.2) is 249 Å². The molecule has 0 bridgehead atoms. The number of aryl methyl sites for hydroxylation is 4. The fourth-order valence-corrected chi connectivity index (χ4v) is 16.3. The van der Waals surface area contributed by atoms with Crippen molar-refractivity contribution in [3.05, 3.63) is 372 Å². The highest BCUT2D eigenvalue weighted by Gasteiger charge is 2.24. The third kappa shape index (κ3) is 22.2. The number of rotatable bonds is 28. The molecule has 15 nitrogen and oxygen atoms in total. The van der Waals surface area contributed by atoms with Crippen molar-refractivity contribution in [1.82, 2.24) is 14.1 Å². The van der Waals surface area contributed by atoms with Gasteiger partial charge in [0.25, 0.3) is 0 Å². The zero-order valence-corrected chi connectivity index (χ0v) is 71.2. The van der Waals surface area contributed by atoms with Crippen LogP contribution in [0.4, 0.5) is 17.1 Å². The minimum atomic E-state index is -0.0875. The third-order valence-corrected chi connectivity index (χ3v) is 24.5. The predicted molar refractivity (Wildman–Crippen MR) is 484 cm³/mol. The Bertz CT molecular complexity index is 5650. The molecule has 0 saturated carbocycles. The van der Waals surface area contributed by atoms with Gasteiger partial charge in [-0.15, -0.1) is 0 Å². The smallest absolute Gasteiger partial charge is 0.193 e. The number of benzene rings is 9. The number of H-pyrrole nitrogens is 1. The van der Waals surface area contributed by atoms with E-state index in [1.807, 2.05) is 190 Å². The predicted octanol–water partition coefficient (Wildman–Crippen LogP) is 20.7. The number of anilines is 3. The Balaban J connectivity index is 0.000000157. The summed E-state index contributed by atoms with van der Waals surface area (Å²) < 4.78 is 3.95. The van der Waals surface area contributed by atoms with Gasteiger partial charge in [0.15, 0.2) is 52.0 Å². The molecular formula is C106H110N6O9. The minimum absolute atomic E-state index is 0.0543. The number of Topliss-reactive ketones (excluding diaryl/α,β-unsaturated/α-hetero) is 6. The number of ketones is 9. The number of nitrogens with one attached hydrogen (secondary N) is 1. The molecule has 15 rings (SSSR count). The first-order chi connectivity index (χ1) is 58.4. The van der Waals surface area contributed by atoms with Crippen LogP contribution in [0.25, 0.3) is 0 Å². The molecule has 3 aromatic heterocycles. The summed E-state index contributed by atoms with van der Waals surface area (Å²) in [7, 11) is 1.96. The van der Waals surface area contributed by atoms with E-state index in [2.05, 4.69) is 76.9 Å². The number of carbonyl (C=O) groups is 9. The summed E-state index contributed by atoms with van der Waals surface area (Å²) in [6.07, 6.45) is 10.9. The van der Waals surface area contributed by atoms with Crippen molar-refractivity contribution in [2.75, 3.05) is 54.0 Å². The van der Waals surface area contributed by atoms with Crippen molar-refractivity contribution in [3.63, 3.8) is 0 Å². The van der Waals surface area contributed by atoms with Crippen molar-refractivity contribution >= 4 is 69.1 Å². The van der Waals surface area contributed by atoms with Gasteiger partial charge in [0.2, 0.25) is 0 Å². The van der Waals surface area contributed by atoms with E-state index in [1.165, 1.54) is 55.6 Å². The SMILES string of the molecule is CCn1cccc1C(=O)Cc1ccc(C(=O)c2ccc(CC(=O)c3ccc(N4CCC(C)CC4)cc3)cc2)cc1.Cc1cc(C(=O)Cc2ccc(C(=O)c3ccc(CC(=O)c4ccc(N5CCC(C)CC5)cc4)cc3)cc2)c(C)[nH]1.Cc1cc(C(=O)Cc2ccc(C(=O)c3ccc(CC(=O)c4ccc(N5CCC(C)CC5)cc4)cc3)cc2)c(C)n1C. The Morgan fingerprint density at radius 1 is 0.322 bits per heavy atom. The fourth-order valence-electron chi connectivity index (χ4n) is 16.3. The molecule has 618 valence electrons. The number of hydrogen-bond donors (Lipinski definition) is 1. The van der Waals surface area contributed by atoms with E-state index in [4.69, 9.17) is 0 Å². The second-order valence-corrected chi connectivity index (χ2v) is 33.4. The van der Waals surface area contributed by atoms with Gasteiger partial charge >= 0.3 is 0 Å². The van der Waals surface area contributed by atoms with Gasteiger partial charge in [-0.05, 0) is 221 Å². The van der Waals surface area contributed by atoms with E-state index >= 15 is 0 Å². The maximum Gasteiger partial charge on any atom is 0.193 e. The van der Waals surface area contributed by atoms with Crippen LogP contribution >= 0.6 is 0 Å². The normalized spacial score (nSPS) is 13.8. The summed E-state index contributed by atoms with van der Waals surface area (Å²) in [6, 6.07) is 74.8. The van der Waals surface area contributed by atoms with Crippen molar-refractivity contribution in [2.24, 2.45) is 24.8 Å². The Labute approximate surface area is 711 Å². The topological polar surface area (TPSA) is 189 Å². The number of nitrogens with zero attached hydrogens (tertiary/aromatic N) is 5. The first kappa shape index (κ1) is 86.1. The molecule has 1 N–H and O–H groups in total. The van der Waals surface area contributed by atoms with Gasteiger partial charge < -0.3 is 28.8 Å². The second-order valence-electron chi connectivity index (χ2n) is 33.4. The van der Waals surface area contributed by atoms with Crippen LogP contribution in [0.5, 0.6) is 0 Å². The van der Waals surface area contributed by atoms with E-state index in [0.717, 1.165) is 125 Å². The zero-order valence-electron chi connectivity index (χ0n) is 71.2. The molecule has 3 aliphatic rings. The molecular weight excluding hydrogens is 1500 g/mol. The molecule has 3 aliphatic heterocycles. The lowest BCUT2D eigenvalue weighted by Gasteiger charge is -2.32. The van der Waals surface area contributed by atoms with Crippen LogP contribution in [0.2, 0.25) is 0 Å². The molecule has 0 aliphatic carbocycles. The lowest BCUT2D eigenvalue weighted by molar-refractivity contribution is 0.0977. The van der Waals surface area contributed by atoms with Crippen LogP contribution in [0, 0.1) is 45.4 Å². The second kappa shape index (κ2) is 39.9. The average molecular weight is 1610 g/mol. The fraction of sp³-hybridized carbons (Fsp3) is 0.292. The maximum atomic E-state index is 13.1. The molecule has 12 aromatic rings. The van der Waals surface area contributed by atoms with Gasteiger partial charge in [0, 0.05) is 199 Å². The highest BCUT2D eigenvalue weighted by Crippen LogP contribution is 2.30. The van der Waals surface area contributed by atoms with Crippen LogP contribution < -0.4 is 14.7 Å². The number of aromatic amines is 1. The summed E-state index contributed by atoms with van der Waals surface area (Å²) in [5.74, 6) is 2.47. The van der Waals surface area contributed by atoms with E-state index in [9.17, 15) is 43.2 Å². The van der Waals surface area contributed by atoms with E-state index in [-0.39, 0.29) is 71.3 Å². The molecule has 6 heterocycles. The van der Waals surface area contributed by atoms with E-state index < -0.39 is 0 Å². The number of piperidine rings is 3. The molecule has 0 amide bonds. The van der Waals surface area contributed by atoms with Crippen molar-refractivity contribution < 1.29 is 43.2 Å². The monoisotopic (exact) mass is 1610 g/mol. The highest BCUT2D eigenvalue weighted by molar-refractivity contribution is 6.11. The number of hydrogen-bond acceptors (Lipinski definition) is 12. The molecule has 0 radical (unpaired) electrons. The van der Waals surface area contributed by atoms with Crippen molar-refractivity contribution in [1.29, 1.82) is 0 Å². The molecule has 3 fully saturated rings. The Morgan fingerprint density at radius 2 is 0.587 bits per heavy atom. The van der Waals surface area contributed by atoms with Crippen molar-refractivity contribution in [3.8, 4) is 0 Å². The van der Waals surface area contributed by atoms with Crippen LogP contribution in [0.1, 0.15) is 232 Å². The Hall–Kier alpha value is -12.8. The standard InChI is InChI=1S/C36H38N2O3.2C35H36N2O3/c1-24-17-19-38(20-18-24)32-15-13-29(14-16-32)34(39)22-27-5-9-30(10-6-27)36(41)31-11-7-28(8-12-31)23-35(40)33-21-25(2)37(4)26(33)3;1-23-16-18-37(19-17-23)31-14-12-28(13-15-31)33(38)21-26-4-8-29(9-5-26)35(40)30-10-6-27(7-11-30)22-34(39)32-20-24(2)36-25(32)3;1-3-36-20-4-5-32(36)34(39)24-27-8-12-30(13-9-27)35(40)29-10-6-26(7-11-29)23-33(38)28-14-16-31(17-15-28)37-21-18-25(2)19-22-37/h5-16,21,24H,17-20,22-23H2,1-4H3;4-15,20,23,36H,16-19,21-22H2,1-3H3;4-17,20,25H,3,18-19,21-24H2,1-2H3. The van der Waals surface area contributed by atoms with E-state index in [1.54, 1.807) is 72.8 Å². The van der Waals surface area contributed by atoms with Gasteiger partial charge in [-0.25, -0.2) is 0 Å². The summed E-state index contributed by atoms with van der Waals surface area (Å²) in [5, 5.41) is 0. The summed E-state index contributed by atoms with van der Waals surface area (Å²) >= 11 is 0. The van der Waals surface area contributed by atoms with Gasteiger partial charge in [-0.1, -0.05) is 166 Å². The molecule has 3 saturated heterocycles. The maximum absolute atomic E-state index is 13.1. The summed E-state index contributed by atoms with van der Waals surface area (Å²) in [6.45, 7) is 23.8. The van der Waals surface area contributed by atoms with Crippen LogP contribution in [-0.4, -0.2) is 105 Å².